The Bertz CT molecular complexity index is 907. The normalized spacial score (nSPS) is 17.8. The van der Waals surface area contributed by atoms with E-state index in [1.165, 1.54) is 6.33 Å². The molecule has 174 valence electrons. The third-order valence-corrected chi connectivity index (χ3v) is 5.48. The number of ether oxygens (including phenoxy) is 2. The molecule has 3 unspecified atom stereocenters. The number of nitrogens with one attached hydrogen (secondary N) is 1. The molecule has 1 aromatic carbocycles. The monoisotopic (exact) mass is 462 g/mol. The van der Waals surface area contributed by atoms with Gasteiger partial charge in [-0.2, -0.15) is 0 Å². The number of rotatable bonds is 9. The summed E-state index contributed by atoms with van der Waals surface area (Å²) in [5.74, 6) is 1.39. The van der Waals surface area contributed by atoms with Crippen LogP contribution in [0.4, 0.5) is 5.82 Å². The Hall–Kier alpha value is -2.58. The smallest absolute Gasteiger partial charge is 0.238 e. The number of hydrogen-bond acceptors (Lipinski definition) is 7. The van der Waals surface area contributed by atoms with Crippen LogP contribution in [0, 0.1) is 0 Å². The molecule has 2 heterocycles. The maximum absolute atomic E-state index is 12.2. The Balaban J connectivity index is 1.59. The molecule has 0 aliphatic carbocycles. The summed E-state index contributed by atoms with van der Waals surface area (Å²) in [5.41, 5.74) is 0.945. The molecule has 0 saturated carbocycles. The van der Waals surface area contributed by atoms with E-state index in [1.807, 2.05) is 49.9 Å². The Morgan fingerprint density at radius 2 is 1.97 bits per heavy atom. The van der Waals surface area contributed by atoms with Crippen molar-refractivity contribution in [2.75, 3.05) is 24.6 Å². The maximum atomic E-state index is 12.2. The van der Waals surface area contributed by atoms with Gasteiger partial charge in [-0.1, -0.05) is 23.7 Å². The van der Waals surface area contributed by atoms with Crippen molar-refractivity contribution in [1.29, 1.82) is 0 Å². The molecular weight excluding hydrogens is 432 g/mol. The standard InChI is InChI=1S/C23H31ClN4O4/c1-14(2)27-22(30)16(4)17-5-7-18(8-6-17)32-19-9-10-28(11-19)21-20(24)23(26-13-25-21)31-12-15(3)29/h5-8,13-16,19,29H,9-12H2,1-4H3,(H,27,30). The van der Waals surface area contributed by atoms with E-state index in [9.17, 15) is 9.90 Å². The Morgan fingerprint density at radius 3 is 2.62 bits per heavy atom. The summed E-state index contributed by atoms with van der Waals surface area (Å²) in [6.07, 6.45) is 1.59. The molecule has 8 nitrogen and oxygen atoms in total. The second kappa shape index (κ2) is 10.8. The van der Waals surface area contributed by atoms with E-state index >= 15 is 0 Å². The van der Waals surface area contributed by atoms with Crippen LogP contribution in [0.25, 0.3) is 0 Å². The van der Waals surface area contributed by atoms with Crippen molar-refractivity contribution >= 4 is 23.3 Å². The predicted molar refractivity (Wildman–Crippen MR) is 124 cm³/mol. The van der Waals surface area contributed by atoms with E-state index < -0.39 is 6.10 Å². The summed E-state index contributed by atoms with van der Waals surface area (Å²) in [5, 5.41) is 12.7. The van der Waals surface area contributed by atoms with Gasteiger partial charge in [0.25, 0.3) is 0 Å². The summed E-state index contributed by atoms with van der Waals surface area (Å²) in [6.45, 7) is 8.90. The Kier molecular flexibility index (Phi) is 8.15. The molecule has 3 rings (SSSR count). The van der Waals surface area contributed by atoms with Gasteiger partial charge in [0.15, 0.2) is 5.82 Å². The fourth-order valence-electron chi connectivity index (χ4n) is 3.47. The zero-order valence-electron chi connectivity index (χ0n) is 18.9. The number of aliphatic hydroxyl groups excluding tert-OH is 1. The van der Waals surface area contributed by atoms with Crippen LogP contribution in [0.3, 0.4) is 0 Å². The number of anilines is 1. The van der Waals surface area contributed by atoms with Gasteiger partial charge >= 0.3 is 0 Å². The first-order valence-electron chi connectivity index (χ1n) is 10.9. The maximum Gasteiger partial charge on any atom is 0.238 e. The highest BCUT2D eigenvalue weighted by Crippen LogP contribution is 2.33. The molecule has 1 saturated heterocycles. The number of carbonyl (C=O) groups excluding carboxylic acids is 1. The largest absolute Gasteiger partial charge is 0.489 e. The van der Waals surface area contributed by atoms with Crippen molar-refractivity contribution in [2.24, 2.45) is 0 Å². The van der Waals surface area contributed by atoms with Gasteiger partial charge in [-0.05, 0) is 45.4 Å². The highest BCUT2D eigenvalue weighted by atomic mass is 35.5. The minimum Gasteiger partial charge on any atom is -0.489 e. The van der Waals surface area contributed by atoms with Crippen LogP contribution in [-0.4, -0.2) is 58.9 Å². The van der Waals surface area contributed by atoms with Gasteiger partial charge in [0.05, 0.1) is 18.6 Å². The van der Waals surface area contributed by atoms with Gasteiger partial charge in [0.1, 0.15) is 29.8 Å². The van der Waals surface area contributed by atoms with Crippen molar-refractivity contribution in [1.82, 2.24) is 15.3 Å². The second-order valence-electron chi connectivity index (χ2n) is 8.40. The molecule has 1 aromatic heterocycles. The SMILES string of the molecule is CC(O)COc1ncnc(N2CCC(Oc3ccc(C(C)C(=O)NC(C)C)cc3)C2)c1Cl. The molecule has 2 N–H and O–H groups in total. The molecule has 0 radical (unpaired) electrons. The van der Waals surface area contributed by atoms with Crippen molar-refractivity contribution in [2.45, 2.75) is 58.3 Å². The zero-order valence-corrected chi connectivity index (χ0v) is 19.7. The van der Waals surface area contributed by atoms with E-state index in [1.54, 1.807) is 6.92 Å². The topological polar surface area (TPSA) is 96.8 Å². The van der Waals surface area contributed by atoms with Crippen LogP contribution in [0.2, 0.25) is 5.02 Å². The van der Waals surface area contributed by atoms with Crippen LogP contribution in [0.1, 0.15) is 45.6 Å². The fourth-order valence-corrected chi connectivity index (χ4v) is 3.74. The Morgan fingerprint density at radius 1 is 1.25 bits per heavy atom. The second-order valence-corrected chi connectivity index (χ2v) is 8.78. The van der Waals surface area contributed by atoms with Gasteiger partial charge in [-0.15, -0.1) is 0 Å². The number of hydrogen-bond donors (Lipinski definition) is 2. The molecule has 32 heavy (non-hydrogen) atoms. The van der Waals surface area contributed by atoms with Gasteiger partial charge in [0, 0.05) is 19.0 Å². The molecule has 1 fully saturated rings. The lowest BCUT2D eigenvalue weighted by Crippen LogP contribution is -2.33. The molecular formula is C23H31ClN4O4. The molecule has 1 aliphatic heterocycles. The first kappa shape index (κ1) is 24.1. The number of amides is 1. The molecule has 1 aliphatic rings. The summed E-state index contributed by atoms with van der Waals surface area (Å²) in [6, 6.07) is 7.77. The third kappa shape index (κ3) is 6.23. The van der Waals surface area contributed by atoms with Crippen molar-refractivity contribution in [3.63, 3.8) is 0 Å². The van der Waals surface area contributed by atoms with Crippen LogP contribution < -0.4 is 19.7 Å². The number of aliphatic hydroxyl groups is 1. The Labute approximate surface area is 193 Å². The number of halogens is 1. The van der Waals surface area contributed by atoms with Crippen LogP contribution in [-0.2, 0) is 4.79 Å². The quantitative estimate of drug-likeness (QED) is 0.590. The molecule has 3 atom stereocenters. The molecule has 9 heteroatoms. The summed E-state index contributed by atoms with van der Waals surface area (Å²) in [7, 11) is 0. The highest BCUT2D eigenvalue weighted by molar-refractivity contribution is 6.34. The predicted octanol–water partition coefficient (Wildman–Crippen LogP) is 3.18. The first-order chi connectivity index (χ1) is 15.2. The van der Waals surface area contributed by atoms with Gasteiger partial charge < -0.3 is 24.8 Å². The average molecular weight is 463 g/mol. The van der Waals surface area contributed by atoms with Crippen LogP contribution in [0.15, 0.2) is 30.6 Å². The van der Waals surface area contributed by atoms with Crippen molar-refractivity contribution < 1.29 is 19.4 Å². The minimum absolute atomic E-state index is 0.0126. The van der Waals surface area contributed by atoms with Gasteiger partial charge in [-0.3, -0.25) is 4.79 Å². The van der Waals surface area contributed by atoms with Crippen LogP contribution >= 0.6 is 11.6 Å². The van der Waals surface area contributed by atoms with Crippen molar-refractivity contribution in [3.8, 4) is 11.6 Å². The summed E-state index contributed by atoms with van der Waals surface area (Å²) >= 11 is 6.44. The lowest BCUT2D eigenvalue weighted by molar-refractivity contribution is -0.122. The summed E-state index contributed by atoms with van der Waals surface area (Å²) in [4.78, 5) is 22.6. The van der Waals surface area contributed by atoms with E-state index in [4.69, 9.17) is 21.1 Å². The lowest BCUT2D eigenvalue weighted by atomic mass is 10.00. The number of nitrogens with zero attached hydrogens (tertiary/aromatic N) is 3. The van der Waals surface area contributed by atoms with E-state index in [-0.39, 0.29) is 36.5 Å². The molecule has 0 spiro atoms. The van der Waals surface area contributed by atoms with Crippen molar-refractivity contribution in [3.05, 3.63) is 41.2 Å². The lowest BCUT2D eigenvalue weighted by Gasteiger charge is -2.20. The van der Waals surface area contributed by atoms with E-state index in [0.717, 1.165) is 24.3 Å². The minimum atomic E-state index is -0.618. The number of aromatic nitrogens is 2. The highest BCUT2D eigenvalue weighted by Gasteiger charge is 2.28. The average Bonchev–Trinajstić information content (AvgIpc) is 3.20. The third-order valence-electron chi connectivity index (χ3n) is 5.15. The first-order valence-corrected chi connectivity index (χ1v) is 11.3. The van der Waals surface area contributed by atoms with E-state index in [0.29, 0.717) is 17.4 Å². The number of carbonyl (C=O) groups is 1. The summed E-state index contributed by atoms with van der Waals surface area (Å²) < 4.78 is 11.6. The van der Waals surface area contributed by atoms with Gasteiger partial charge in [0.2, 0.25) is 11.8 Å². The molecule has 1 amide bonds. The zero-order chi connectivity index (χ0) is 23.3. The number of benzene rings is 1. The van der Waals surface area contributed by atoms with E-state index in [2.05, 4.69) is 15.3 Å². The fraction of sp³-hybridized carbons (Fsp3) is 0.522. The molecule has 2 aromatic rings. The van der Waals surface area contributed by atoms with Crippen LogP contribution in [0.5, 0.6) is 11.6 Å². The molecule has 0 bridgehead atoms. The van der Waals surface area contributed by atoms with Gasteiger partial charge in [-0.25, -0.2) is 9.97 Å².